The first-order valence-electron chi connectivity index (χ1n) is 9.23. The van der Waals surface area contributed by atoms with E-state index >= 15 is 0 Å². The summed E-state index contributed by atoms with van der Waals surface area (Å²) >= 11 is 0. The Labute approximate surface area is 161 Å². The first-order valence-corrected chi connectivity index (χ1v) is 9.23. The van der Waals surface area contributed by atoms with E-state index in [9.17, 15) is 9.18 Å². The summed E-state index contributed by atoms with van der Waals surface area (Å²) in [7, 11) is 1.56. The van der Waals surface area contributed by atoms with Crippen molar-refractivity contribution in [2.24, 2.45) is 5.41 Å². The third kappa shape index (κ3) is 2.50. The number of hydrogen-bond donors (Lipinski definition) is 1. The van der Waals surface area contributed by atoms with E-state index < -0.39 is 5.41 Å². The number of methoxy groups -OCH3 is 1. The predicted molar refractivity (Wildman–Crippen MR) is 102 cm³/mol. The lowest BCUT2D eigenvalue weighted by Gasteiger charge is -2.22. The van der Waals surface area contributed by atoms with E-state index in [1.807, 2.05) is 12.1 Å². The molecule has 0 bridgehead atoms. The molecule has 6 nitrogen and oxygen atoms in total. The van der Waals surface area contributed by atoms with Gasteiger partial charge in [0.15, 0.2) is 0 Å². The zero-order valence-corrected chi connectivity index (χ0v) is 15.4. The second-order valence-electron chi connectivity index (χ2n) is 7.47. The summed E-state index contributed by atoms with van der Waals surface area (Å²) in [5.41, 5.74) is 3.20. The number of H-pyrrole nitrogens is 1. The minimum Gasteiger partial charge on any atom is -0.480 e. The number of halogens is 1. The van der Waals surface area contributed by atoms with Crippen molar-refractivity contribution in [1.29, 1.82) is 0 Å². The van der Waals surface area contributed by atoms with Gasteiger partial charge < -0.3 is 4.74 Å². The number of amides is 1. The molecule has 1 aliphatic heterocycles. The number of pyridine rings is 1. The number of hydrogen-bond acceptors (Lipinski definition) is 4. The molecule has 1 aliphatic carbocycles. The summed E-state index contributed by atoms with van der Waals surface area (Å²) in [4.78, 5) is 19.6. The average Bonchev–Trinajstić information content (AvgIpc) is 3.42. The van der Waals surface area contributed by atoms with E-state index in [0.29, 0.717) is 31.1 Å². The van der Waals surface area contributed by atoms with Gasteiger partial charge in [0.25, 0.3) is 0 Å². The third-order valence-electron chi connectivity index (χ3n) is 5.86. The quantitative estimate of drug-likeness (QED) is 0.760. The molecule has 1 saturated heterocycles. The molecule has 2 aromatic heterocycles. The number of aromatic nitrogens is 3. The van der Waals surface area contributed by atoms with Crippen molar-refractivity contribution < 1.29 is 13.9 Å². The summed E-state index contributed by atoms with van der Waals surface area (Å²) in [6.07, 6.45) is 5.44. The first kappa shape index (κ1) is 16.9. The fraction of sp³-hybridized carbons (Fsp3) is 0.286. The SMILES string of the molecule is COc1nc(N2CCC3(Cc4ccc(F)cc4C3)C2=O)ccc1-c1cn[nH]c1. The van der Waals surface area contributed by atoms with Crippen LogP contribution < -0.4 is 9.64 Å². The van der Waals surface area contributed by atoms with Gasteiger partial charge in [-0.1, -0.05) is 6.07 Å². The molecule has 7 heteroatoms. The van der Waals surface area contributed by atoms with Crippen molar-refractivity contribution in [2.75, 3.05) is 18.6 Å². The van der Waals surface area contributed by atoms with Crippen molar-refractivity contribution in [3.8, 4) is 17.0 Å². The number of carbonyl (C=O) groups is 1. The van der Waals surface area contributed by atoms with Gasteiger partial charge in [0.05, 0.1) is 18.7 Å². The number of anilines is 1. The molecule has 5 rings (SSSR count). The Morgan fingerprint density at radius 1 is 1.21 bits per heavy atom. The predicted octanol–water partition coefficient (Wildman–Crippen LogP) is 3.14. The highest BCUT2D eigenvalue weighted by atomic mass is 19.1. The normalized spacial score (nSPS) is 20.8. The maximum atomic E-state index is 13.6. The van der Waals surface area contributed by atoms with Gasteiger partial charge in [-0.2, -0.15) is 10.1 Å². The molecule has 0 saturated carbocycles. The smallest absolute Gasteiger partial charge is 0.235 e. The van der Waals surface area contributed by atoms with Gasteiger partial charge in [-0.05, 0) is 54.7 Å². The van der Waals surface area contributed by atoms with E-state index in [1.54, 1.807) is 36.5 Å². The molecule has 3 aromatic rings. The topological polar surface area (TPSA) is 71.1 Å². The molecule has 1 amide bonds. The Morgan fingerprint density at radius 2 is 2.07 bits per heavy atom. The Morgan fingerprint density at radius 3 is 2.86 bits per heavy atom. The summed E-state index contributed by atoms with van der Waals surface area (Å²) in [6.45, 7) is 0.594. The molecule has 1 spiro atoms. The Hall–Kier alpha value is -3.22. The van der Waals surface area contributed by atoms with Crippen molar-refractivity contribution in [3.63, 3.8) is 0 Å². The van der Waals surface area contributed by atoms with Crippen LogP contribution in [0.25, 0.3) is 11.1 Å². The molecule has 1 unspecified atom stereocenters. The lowest BCUT2D eigenvalue weighted by Crippen LogP contribution is -2.35. The minimum absolute atomic E-state index is 0.0507. The standard InChI is InChI=1S/C21H19FN4O2/c1-28-19-17(15-11-23-24-12-15)4-5-18(25-19)26-7-6-21(20(26)27)9-13-2-3-16(22)8-14(13)10-21/h2-5,8,11-12H,6-7,9-10H2,1H3,(H,23,24). The molecule has 1 atom stereocenters. The molecule has 28 heavy (non-hydrogen) atoms. The number of ether oxygens (including phenoxy) is 1. The molecule has 1 N–H and O–H groups in total. The number of fused-ring (bicyclic) bond motifs is 1. The lowest BCUT2D eigenvalue weighted by atomic mass is 9.83. The Bertz CT molecular complexity index is 1070. The summed E-state index contributed by atoms with van der Waals surface area (Å²) in [5.74, 6) is 0.826. The van der Waals surface area contributed by atoms with Gasteiger partial charge in [0.1, 0.15) is 11.6 Å². The van der Waals surface area contributed by atoms with Crippen LogP contribution in [-0.2, 0) is 17.6 Å². The monoisotopic (exact) mass is 378 g/mol. The van der Waals surface area contributed by atoms with Gasteiger partial charge in [0, 0.05) is 23.9 Å². The van der Waals surface area contributed by atoms with Crippen LogP contribution in [0.1, 0.15) is 17.5 Å². The van der Waals surface area contributed by atoms with Gasteiger partial charge >= 0.3 is 0 Å². The Balaban J connectivity index is 1.45. The molecule has 1 fully saturated rings. The number of carbonyl (C=O) groups excluding carboxylic acids is 1. The second kappa shape index (κ2) is 6.15. The summed E-state index contributed by atoms with van der Waals surface area (Å²) in [5, 5.41) is 6.74. The molecule has 0 radical (unpaired) electrons. The van der Waals surface area contributed by atoms with E-state index in [-0.39, 0.29) is 11.7 Å². The van der Waals surface area contributed by atoms with Crippen LogP contribution in [0.2, 0.25) is 0 Å². The van der Waals surface area contributed by atoms with Gasteiger partial charge in [0.2, 0.25) is 11.8 Å². The van der Waals surface area contributed by atoms with Crippen LogP contribution in [-0.4, -0.2) is 34.7 Å². The number of nitrogens with one attached hydrogen (secondary N) is 1. The van der Waals surface area contributed by atoms with Gasteiger partial charge in [-0.3, -0.25) is 14.8 Å². The molecule has 2 aliphatic rings. The number of rotatable bonds is 3. The zero-order chi connectivity index (χ0) is 19.3. The fourth-order valence-electron chi connectivity index (χ4n) is 4.44. The van der Waals surface area contributed by atoms with Crippen LogP contribution in [0.15, 0.2) is 42.7 Å². The largest absolute Gasteiger partial charge is 0.480 e. The number of aromatic amines is 1. The highest BCUT2D eigenvalue weighted by Gasteiger charge is 2.50. The van der Waals surface area contributed by atoms with E-state index in [0.717, 1.165) is 28.7 Å². The van der Waals surface area contributed by atoms with Crippen LogP contribution in [0.4, 0.5) is 10.2 Å². The van der Waals surface area contributed by atoms with Crippen LogP contribution in [0.3, 0.4) is 0 Å². The Kier molecular flexibility index (Phi) is 3.72. The van der Waals surface area contributed by atoms with Crippen molar-refractivity contribution in [3.05, 3.63) is 59.7 Å². The van der Waals surface area contributed by atoms with Crippen LogP contribution in [0.5, 0.6) is 5.88 Å². The first-order chi connectivity index (χ1) is 13.6. The van der Waals surface area contributed by atoms with E-state index in [4.69, 9.17) is 4.74 Å². The minimum atomic E-state index is -0.492. The van der Waals surface area contributed by atoms with Crippen LogP contribution in [0, 0.1) is 11.2 Å². The van der Waals surface area contributed by atoms with Crippen LogP contribution >= 0.6 is 0 Å². The highest BCUT2D eigenvalue weighted by molar-refractivity contribution is 6.00. The summed E-state index contributed by atoms with van der Waals surface area (Å²) in [6, 6.07) is 8.56. The lowest BCUT2D eigenvalue weighted by molar-refractivity contribution is -0.125. The van der Waals surface area contributed by atoms with Gasteiger partial charge in [-0.15, -0.1) is 0 Å². The molecule has 3 heterocycles. The average molecular weight is 378 g/mol. The summed E-state index contributed by atoms with van der Waals surface area (Å²) < 4.78 is 19.0. The van der Waals surface area contributed by atoms with E-state index in [2.05, 4.69) is 15.2 Å². The highest BCUT2D eigenvalue weighted by Crippen LogP contribution is 2.46. The van der Waals surface area contributed by atoms with Crippen molar-refractivity contribution >= 4 is 11.7 Å². The fourth-order valence-corrected chi connectivity index (χ4v) is 4.44. The molecular formula is C21H19FN4O2. The third-order valence-corrected chi connectivity index (χ3v) is 5.86. The zero-order valence-electron chi connectivity index (χ0n) is 15.4. The molecule has 1 aromatic carbocycles. The van der Waals surface area contributed by atoms with Crippen molar-refractivity contribution in [1.82, 2.24) is 15.2 Å². The maximum absolute atomic E-state index is 13.6. The van der Waals surface area contributed by atoms with Crippen molar-refractivity contribution in [2.45, 2.75) is 19.3 Å². The molecular weight excluding hydrogens is 359 g/mol. The molecule has 142 valence electrons. The number of nitrogens with zero attached hydrogens (tertiary/aromatic N) is 3. The maximum Gasteiger partial charge on any atom is 0.235 e. The second-order valence-corrected chi connectivity index (χ2v) is 7.47. The van der Waals surface area contributed by atoms with E-state index in [1.165, 1.54) is 6.07 Å². The number of benzene rings is 1. The van der Waals surface area contributed by atoms with Gasteiger partial charge in [-0.25, -0.2) is 4.39 Å².